The highest BCUT2D eigenvalue weighted by atomic mass is 19.1. The maximum absolute atomic E-state index is 15.2. The number of piperidine rings is 1. The van der Waals surface area contributed by atoms with Crippen molar-refractivity contribution in [1.82, 2.24) is 24.3 Å². The van der Waals surface area contributed by atoms with Crippen molar-refractivity contribution < 1.29 is 9.18 Å². The molecule has 4 aromatic rings. The van der Waals surface area contributed by atoms with Crippen molar-refractivity contribution in [2.24, 2.45) is 0 Å². The molecule has 1 fully saturated rings. The van der Waals surface area contributed by atoms with Gasteiger partial charge in [-0.05, 0) is 88.3 Å². The molecular weight excluding hydrogens is 455 g/mol. The first-order valence-electron chi connectivity index (χ1n) is 12.2. The summed E-state index contributed by atoms with van der Waals surface area (Å²) in [5, 5.41) is 4.09. The molecule has 1 N–H and O–H groups in total. The Morgan fingerprint density at radius 1 is 1.06 bits per heavy atom. The number of halogens is 1. The Hall–Kier alpha value is -3.78. The van der Waals surface area contributed by atoms with E-state index in [4.69, 9.17) is 0 Å². The summed E-state index contributed by atoms with van der Waals surface area (Å²) in [6.07, 6.45) is 5.37. The maximum atomic E-state index is 15.2. The lowest BCUT2D eigenvalue weighted by Gasteiger charge is -2.35. The number of amides is 1. The number of carbonyl (C=O) groups is 1. The van der Waals surface area contributed by atoms with Crippen LogP contribution in [-0.4, -0.2) is 63.5 Å². The number of nitrogens with zero attached hydrogens (tertiary/aromatic N) is 5. The standard InChI is InChI=1S/C28H31FN6O/c1-18-5-6-21(15-19(18)2)31-28-30-17-20-9-14-35(26(20)32-28)23-7-8-24(25(29)16-23)27(36)34-12-10-22(11-13-34)33(3)4/h5-9,14-17,22H,10-13H2,1-4H3,(H,30,31,32). The van der Waals surface area contributed by atoms with E-state index in [0.29, 0.717) is 36.4 Å². The van der Waals surface area contributed by atoms with Gasteiger partial charge in [-0.1, -0.05) is 6.07 Å². The van der Waals surface area contributed by atoms with E-state index in [1.54, 1.807) is 23.2 Å². The van der Waals surface area contributed by atoms with Crippen LogP contribution in [0.25, 0.3) is 16.7 Å². The molecule has 0 bridgehead atoms. The van der Waals surface area contributed by atoms with Gasteiger partial charge < -0.3 is 19.7 Å². The van der Waals surface area contributed by atoms with Gasteiger partial charge in [0.1, 0.15) is 11.5 Å². The second-order valence-electron chi connectivity index (χ2n) is 9.73. The minimum atomic E-state index is -0.531. The largest absolute Gasteiger partial charge is 0.338 e. The first kappa shape index (κ1) is 23.9. The topological polar surface area (TPSA) is 66.3 Å². The summed E-state index contributed by atoms with van der Waals surface area (Å²) in [5.41, 5.74) is 4.65. The lowest BCUT2D eigenvalue weighted by molar-refractivity contribution is 0.0658. The Morgan fingerprint density at radius 3 is 2.53 bits per heavy atom. The molecule has 0 atom stereocenters. The summed E-state index contributed by atoms with van der Waals surface area (Å²) in [5.74, 6) is -0.327. The predicted octanol–water partition coefficient (Wildman–Crippen LogP) is 5.09. The molecule has 0 saturated carbocycles. The minimum absolute atomic E-state index is 0.102. The number of aryl methyl sites for hydroxylation is 2. The summed E-state index contributed by atoms with van der Waals surface area (Å²) in [6, 6.07) is 13.2. The van der Waals surface area contributed by atoms with Crippen molar-refractivity contribution in [3.63, 3.8) is 0 Å². The van der Waals surface area contributed by atoms with Gasteiger partial charge in [0.05, 0.1) is 5.56 Å². The molecule has 0 radical (unpaired) electrons. The van der Waals surface area contributed by atoms with Gasteiger partial charge in [-0.3, -0.25) is 4.79 Å². The molecule has 7 nitrogen and oxygen atoms in total. The van der Waals surface area contributed by atoms with E-state index in [2.05, 4.69) is 60.3 Å². The molecule has 0 unspecified atom stereocenters. The zero-order chi connectivity index (χ0) is 25.4. The van der Waals surface area contributed by atoms with Crippen LogP contribution in [0.4, 0.5) is 16.0 Å². The van der Waals surface area contributed by atoms with Crippen LogP contribution in [0.2, 0.25) is 0 Å². The number of likely N-dealkylation sites (tertiary alicyclic amines) is 1. The fourth-order valence-corrected chi connectivity index (χ4v) is 4.72. The molecule has 2 aromatic carbocycles. The lowest BCUT2D eigenvalue weighted by Crippen LogP contribution is -2.44. The van der Waals surface area contributed by atoms with Gasteiger partial charge >= 0.3 is 0 Å². The lowest BCUT2D eigenvalue weighted by atomic mass is 10.0. The Balaban J connectivity index is 1.38. The third-order valence-electron chi connectivity index (χ3n) is 7.13. The summed E-state index contributed by atoms with van der Waals surface area (Å²) >= 11 is 0. The summed E-state index contributed by atoms with van der Waals surface area (Å²) < 4.78 is 17.0. The number of rotatable bonds is 5. The van der Waals surface area contributed by atoms with Crippen LogP contribution in [0.3, 0.4) is 0 Å². The molecule has 186 valence electrons. The van der Waals surface area contributed by atoms with Crippen molar-refractivity contribution in [1.29, 1.82) is 0 Å². The summed E-state index contributed by atoms with van der Waals surface area (Å²) in [7, 11) is 4.11. The van der Waals surface area contributed by atoms with Crippen molar-refractivity contribution in [2.75, 3.05) is 32.5 Å². The van der Waals surface area contributed by atoms with Gasteiger partial charge in [0, 0.05) is 48.3 Å². The molecule has 1 aliphatic heterocycles. The van der Waals surface area contributed by atoms with Crippen LogP contribution in [0.5, 0.6) is 0 Å². The second kappa shape index (κ2) is 9.70. The highest BCUT2D eigenvalue weighted by Crippen LogP contribution is 2.24. The van der Waals surface area contributed by atoms with E-state index in [9.17, 15) is 4.79 Å². The fourth-order valence-electron chi connectivity index (χ4n) is 4.72. The van der Waals surface area contributed by atoms with Crippen molar-refractivity contribution in [3.8, 4) is 5.69 Å². The van der Waals surface area contributed by atoms with Gasteiger partial charge in [-0.2, -0.15) is 4.98 Å². The Morgan fingerprint density at radius 2 is 1.83 bits per heavy atom. The Kier molecular flexibility index (Phi) is 6.45. The number of hydrogen-bond acceptors (Lipinski definition) is 5. The third kappa shape index (κ3) is 4.68. The molecule has 0 spiro atoms. The highest BCUT2D eigenvalue weighted by molar-refractivity contribution is 5.95. The highest BCUT2D eigenvalue weighted by Gasteiger charge is 2.26. The van der Waals surface area contributed by atoms with Crippen LogP contribution < -0.4 is 5.32 Å². The van der Waals surface area contributed by atoms with Gasteiger partial charge in [-0.25, -0.2) is 9.37 Å². The van der Waals surface area contributed by atoms with E-state index in [1.165, 1.54) is 17.2 Å². The molecule has 1 aliphatic rings. The molecule has 0 aliphatic carbocycles. The molecule has 5 rings (SSSR count). The van der Waals surface area contributed by atoms with Gasteiger partial charge in [0.2, 0.25) is 5.95 Å². The zero-order valence-corrected chi connectivity index (χ0v) is 21.1. The predicted molar refractivity (Wildman–Crippen MR) is 141 cm³/mol. The molecular formula is C28H31FN6O. The van der Waals surface area contributed by atoms with Crippen molar-refractivity contribution in [2.45, 2.75) is 32.7 Å². The first-order chi connectivity index (χ1) is 17.3. The average molecular weight is 487 g/mol. The quantitative estimate of drug-likeness (QED) is 0.426. The Bertz CT molecular complexity index is 1420. The molecule has 36 heavy (non-hydrogen) atoms. The zero-order valence-electron chi connectivity index (χ0n) is 21.1. The molecule has 2 aromatic heterocycles. The van der Waals surface area contributed by atoms with E-state index in [1.807, 2.05) is 22.9 Å². The van der Waals surface area contributed by atoms with E-state index >= 15 is 4.39 Å². The van der Waals surface area contributed by atoms with Crippen LogP contribution in [0.1, 0.15) is 34.3 Å². The number of anilines is 2. The van der Waals surface area contributed by atoms with Crippen molar-refractivity contribution in [3.05, 3.63) is 77.4 Å². The van der Waals surface area contributed by atoms with E-state index < -0.39 is 5.82 Å². The first-order valence-corrected chi connectivity index (χ1v) is 12.2. The van der Waals surface area contributed by atoms with Gasteiger partial charge in [-0.15, -0.1) is 0 Å². The van der Waals surface area contributed by atoms with Gasteiger partial charge in [0.25, 0.3) is 5.91 Å². The van der Waals surface area contributed by atoms with Crippen LogP contribution in [0, 0.1) is 19.7 Å². The third-order valence-corrected chi connectivity index (χ3v) is 7.13. The van der Waals surface area contributed by atoms with Crippen LogP contribution in [0.15, 0.2) is 54.9 Å². The maximum Gasteiger partial charge on any atom is 0.256 e. The number of hydrogen-bond donors (Lipinski definition) is 1. The number of fused-ring (bicyclic) bond motifs is 1. The molecule has 1 saturated heterocycles. The monoisotopic (exact) mass is 486 g/mol. The second-order valence-corrected chi connectivity index (χ2v) is 9.73. The molecule has 3 heterocycles. The van der Waals surface area contributed by atoms with Crippen LogP contribution >= 0.6 is 0 Å². The number of benzene rings is 2. The van der Waals surface area contributed by atoms with E-state index in [0.717, 1.165) is 23.9 Å². The Labute approximate surface area is 210 Å². The van der Waals surface area contributed by atoms with E-state index in [-0.39, 0.29) is 11.5 Å². The number of carbonyl (C=O) groups excluding carboxylic acids is 1. The molecule has 8 heteroatoms. The SMILES string of the molecule is Cc1ccc(Nc2ncc3ccn(-c4ccc(C(=O)N5CCC(N(C)C)CC5)c(F)c4)c3n2)cc1C. The molecule has 1 amide bonds. The summed E-state index contributed by atoms with van der Waals surface area (Å²) in [6.45, 7) is 5.40. The summed E-state index contributed by atoms with van der Waals surface area (Å²) in [4.78, 5) is 26.0. The average Bonchev–Trinajstić information content (AvgIpc) is 3.29. The normalized spacial score (nSPS) is 14.6. The number of nitrogens with one attached hydrogen (secondary N) is 1. The minimum Gasteiger partial charge on any atom is -0.338 e. The smallest absolute Gasteiger partial charge is 0.256 e. The van der Waals surface area contributed by atoms with Crippen molar-refractivity contribution >= 4 is 28.6 Å². The fraction of sp³-hybridized carbons (Fsp3) is 0.321. The van der Waals surface area contributed by atoms with Gasteiger partial charge in [0.15, 0.2) is 0 Å². The van der Waals surface area contributed by atoms with Crippen LogP contribution in [-0.2, 0) is 0 Å². The number of aromatic nitrogens is 3.